The molecule has 0 aromatic carbocycles. The fourth-order valence-electron chi connectivity index (χ4n) is 1.56. The highest BCUT2D eigenvalue weighted by molar-refractivity contribution is 5.98. The SMILES string of the molecule is Cc1cc(N)c(C(=O)NCCCOCC(C)C)cn1. The van der Waals surface area contributed by atoms with E-state index >= 15 is 0 Å². The van der Waals surface area contributed by atoms with Crippen molar-refractivity contribution in [3.05, 3.63) is 23.5 Å². The second-order valence-electron chi connectivity index (χ2n) is 4.99. The van der Waals surface area contributed by atoms with E-state index in [4.69, 9.17) is 10.5 Å². The van der Waals surface area contributed by atoms with Gasteiger partial charge in [-0.15, -0.1) is 0 Å². The van der Waals surface area contributed by atoms with Gasteiger partial charge in [0.25, 0.3) is 5.91 Å². The lowest BCUT2D eigenvalue weighted by molar-refractivity contribution is 0.0925. The molecule has 0 unspecified atom stereocenters. The maximum atomic E-state index is 11.8. The van der Waals surface area contributed by atoms with Gasteiger partial charge < -0.3 is 15.8 Å². The van der Waals surface area contributed by atoms with Gasteiger partial charge in [0.2, 0.25) is 0 Å². The molecule has 0 bridgehead atoms. The van der Waals surface area contributed by atoms with E-state index in [1.165, 1.54) is 6.20 Å². The molecule has 0 saturated carbocycles. The van der Waals surface area contributed by atoms with E-state index in [-0.39, 0.29) is 5.91 Å². The molecule has 1 amide bonds. The number of nitrogen functional groups attached to an aromatic ring is 1. The molecule has 0 spiro atoms. The number of aromatic nitrogens is 1. The summed E-state index contributed by atoms with van der Waals surface area (Å²) in [6, 6.07) is 1.70. The smallest absolute Gasteiger partial charge is 0.254 e. The van der Waals surface area contributed by atoms with Crippen LogP contribution in [0.3, 0.4) is 0 Å². The van der Waals surface area contributed by atoms with E-state index < -0.39 is 0 Å². The Kier molecular flexibility index (Phi) is 6.29. The maximum Gasteiger partial charge on any atom is 0.254 e. The summed E-state index contributed by atoms with van der Waals surface area (Å²) in [6.45, 7) is 8.03. The number of carbonyl (C=O) groups excluding carboxylic acids is 1. The van der Waals surface area contributed by atoms with Crippen LogP contribution in [0.25, 0.3) is 0 Å². The Hall–Kier alpha value is -1.62. The minimum absolute atomic E-state index is 0.186. The number of hydrogen-bond acceptors (Lipinski definition) is 4. The molecule has 3 N–H and O–H groups in total. The number of rotatable bonds is 7. The van der Waals surface area contributed by atoms with Gasteiger partial charge in [-0.1, -0.05) is 13.8 Å². The quantitative estimate of drug-likeness (QED) is 0.736. The number of ether oxygens (including phenoxy) is 1. The zero-order valence-electron chi connectivity index (χ0n) is 11.9. The molecular formula is C14H23N3O2. The molecular weight excluding hydrogens is 242 g/mol. The Morgan fingerprint density at radius 3 is 2.89 bits per heavy atom. The van der Waals surface area contributed by atoms with Gasteiger partial charge in [0.05, 0.1) is 5.56 Å². The molecule has 1 aromatic heterocycles. The van der Waals surface area contributed by atoms with Gasteiger partial charge in [-0.3, -0.25) is 9.78 Å². The summed E-state index contributed by atoms with van der Waals surface area (Å²) in [5, 5.41) is 2.81. The first-order chi connectivity index (χ1) is 9.00. The standard InChI is InChI=1S/C14H23N3O2/c1-10(2)9-19-6-4-5-16-14(18)12-8-17-11(3)7-13(12)15/h7-8,10H,4-6,9H2,1-3H3,(H2,15,17)(H,16,18). The number of hydrogen-bond donors (Lipinski definition) is 2. The van der Waals surface area contributed by atoms with Crippen molar-refractivity contribution in [1.82, 2.24) is 10.3 Å². The number of carbonyl (C=O) groups is 1. The number of anilines is 1. The molecule has 1 rings (SSSR count). The monoisotopic (exact) mass is 265 g/mol. The molecule has 0 aliphatic rings. The van der Waals surface area contributed by atoms with Crippen LogP contribution >= 0.6 is 0 Å². The minimum atomic E-state index is -0.186. The van der Waals surface area contributed by atoms with E-state index in [0.29, 0.717) is 30.3 Å². The van der Waals surface area contributed by atoms with Gasteiger partial charge in [-0.05, 0) is 25.3 Å². The number of nitrogens with two attached hydrogens (primary N) is 1. The summed E-state index contributed by atoms with van der Waals surface area (Å²) in [7, 11) is 0. The van der Waals surface area contributed by atoms with Gasteiger partial charge in [0, 0.05) is 37.3 Å². The zero-order valence-corrected chi connectivity index (χ0v) is 11.9. The van der Waals surface area contributed by atoms with E-state index in [9.17, 15) is 4.79 Å². The van der Waals surface area contributed by atoms with E-state index in [0.717, 1.165) is 18.7 Å². The number of nitrogens with one attached hydrogen (secondary N) is 1. The van der Waals surface area contributed by atoms with Crippen LogP contribution in [0.5, 0.6) is 0 Å². The zero-order chi connectivity index (χ0) is 14.3. The summed E-state index contributed by atoms with van der Waals surface area (Å²) in [4.78, 5) is 15.9. The normalized spacial score (nSPS) is 10.7. The van der Waals surface area contributed by atoms with Crippen molar-refractivity contribution in [3.8, 4) is 0 Å². The second kappa shape index (κ2) is 7.74. The lowest BCUT2D eigenvalue weighted by Crippen LogP contribution is -2.26. The predicted octanol–water partition coefficient (Wildman–Crippen LogP) is 1.76. The van der Waals surface area contributed by atoms with E-state index in [1.807, 2.05) is 6.92 Å². The Bertz CT molecular complexity index is 419. The van der Waals surface area contributed by atoms with Gasteiger partial charge in [0.15, 0.2) is 0 Å². The molecule has 0 fully saturated rings. The molecule has 1 heterocycles. The molecule has 0 aliphatic heterocycles. The van der Waals surface area contributed by atoms with Crippen LogP contribution in [0.1, 0.15) is 36.3 Å². The average Bonchev–Trinajstić information content (AvgIpc) is 2.32. The van der Waals surface area contributed by atoms with Crippen LogP contribution in [-0.4, -0.2) is 30.6 Å². The number of aryl methyl sites for hydroxylation is 1. The molecule has 5 heteroatoms. The summed E-state index contributed by atoms with van der Waals surface area (Å²) in [5.41, 5.74) is 7.47. The van der Waals surface area contributed by atoms with Crippen LogP contribution < -0.4 is 11.1 Å². The van der Waals surface area contributed by atoms with Crippen LogP contribution in [0, 0.1) is 12.8 Å². The third-order valence-electron chi connectivity index (χ3n) is 2.52. The molecule has 5 nitrogen and oxygen atoms in total. The van der Waals surface area contributed by atoms with E-state index in [2.05, 4.69) is 24.1 Å². The molecule has 0 saturated heterocycles. The number of pyridine rings is 1. The largest absolute Gasteiger partial charge is 0.398 e. The Morgan fingerprint density at radius 1 is 1.53 bits per heavy atom. The highest BCUT2D eigenvalue weighted by Gasteiger charge is 2.09. The van der Waals surface area contributed by atoms with Crippen LogP contribution in [-0.2, 0) is 4.74 Å². The van der Waals surface area contributed by atoms with Gasteiger partial charge in [0.1, 0.15) is 0 Å². The Balaban J connectivity index is 2.28. The first-order valence-corrected chi connectivity index (χ1v) is 6.58. The van der Waals surface area contributed by atoms with Crippen molar-refractivity contribution >= 4 is 11.6 Å². The van der Waals surface area contributed by atoms with Gasteiger partial charge in [-0.2, -0.15) is 0 Å². The third kappa shape index (κ3) is 5.70. The van der Waals surface area contributed by atoms with Crippen LogP contribution in [0.4, 0.5) is 5.69 Å². The molecule has 19 heavy (non-hydrogen) atoms. The molecule has 106 valence electrons. The molecule has 0 atom stereocenters. The summed E-state index contributed by atoms with van der Waals surface area (Å²) < 4.78 is 5.43. The topological polar surface area (TPSA) is 77.2 Å². The van der Waals surface area contributed by atoms with Crippen LogP contribution in [0.15, 0.2) is 12.3 Å². The highest BCUT2D eigenvalue weighted by atomic mass is 16.5. The van der Waals surface area contributed by atoms with Crippen molar-refractivity contribution in [1.29, 1.82) is 0 Å². The summed E-state index contributed by atoms with van der Waals surface area (Å²) >= 11 is 0. The van der Waals surface area contributed by atoms with Gasteiger partial charge >= 0.3 is 0 Å². The number of nitrogens with zero attached hydrogens (tertiary/aromatic N) is 1. The van der Waals surface area contributed by atoms with Crippen molar-refractivity contribution in [2.45, 2.75) is 27.2 Å². The first-order valence-electron chi connectivity index (χ1n) is 6.58. The predicted molar refractivity (Wildman–Crippen MR) is 76.0 cm³/mol. The maximum absolute atomic E-state index is 11.8. The second-order valence-corrected chi connectivity index (χ2v) is 4.99. The Morgan fingerprint density at radius 2 is 2.26 bits per heavy atom. The fraction of sp³-hybridized carbons (Fsp3) is 0.571. The lowest BCUT2D eigenvalue weighted by Gasteiger charge is -2.09. The fourth-order valence-corrected chi connectivity index (χ4v) is 1.56. The lowest BCUT2D eigenvalue weighted by atomic mass is 10.2. The number of amides is 1. The summed E-state index contributed by atoms with van der Waals surface area (Å²) in [5.74, 6) is 0.349. The summed E-state index contributed by atoms with van der Waals surface area (Å²) in [6.07, 6.45) is 2.30. The third-order valence-corrected chi connectivity index (χ3v) is 2.52. The highest BCUT2D eigenvalue weighted by Crippen LogP contribution is 2.10. The van der Waals surface area contributed by atoms with E-state index in [1.54, 1.807) is 6.07 Å². The van der Waals surface area contributed by atoms with Crippen LogP contribution in [0.2, 0.25) is 0 Å². The molecule has 1 aromatic rings. The first kappa shape index (κ1) is 15.4. The minimum Gasteiger partial charge on any atom is -0.398 e. The van der Waals surface area contributed by atoms with Crippen molar-refractivity contribution < 1.29 is 9.53 Å². The van der Waals surface area contributed by atoms with Gasteiger partial charge in [-0.25, -0.2) is 0 Å². The van der Waals surface area contributed by atoms with Crippen molar-refractivity contribution in [3.63, 3.8) is 0 Å². The van der Waals surface area contributed by atoms with Crippen molar-refractivity contribution in [2.75, 3.05) is 25.5 Å². The molecule has 0 radical (unpaired) electrons. The average molecular weight is 265 g/mol. The Labute approximate surface area is 114 Å². The van der Waals surface area contributed by atoms with Crippen molar-refractivity contribution in [2.24, 2.45) is 5.92 Å². The molecule has 0 aliphatic carbocycles.